The summed E-state index contributed by atoms with van der Waals surface area (Å²) in [6.45, 7) is 1.96. The standard InChI is InChI=1S/C13H17FO3/c1-2-3-4-11(13(16)17)12(15)9-5-7-10(14)8-6-9/h5-8,11-12,15H,2-4H2,1H3,(H,16,17). The van der Waals surface area contributed by atoms with E-state index in [0.717, 1.165) is 12.8 Å². The molecule has 0 aliphatic rings. The van der Waals surface area contributed by atoms with Crippen molar-refractivity contribution in [3.05, 3.63) is 35.6 Å². The second-order valence-electron chi connectivity index (χ2n) is 4.08. The molecule has 0 saturated heterocycles. The summed E-state index contributed by atoms with van der Waals surface area (Å²) in [6, 6.07) is 5.28. The van der Waals surface area contributed by atoms with Crippen molar-refractivity contribution in [3.63, 3.8) is 0 Å². The quantitative estimate of drug-likeness (QED) is 0.803. The zero-order valence-electron chi connectivity index (χ0n) is 9.77. The zero-order valence-corrected chi connectivity index (χ0v) is 9.77. The van der Waals surface area contributed by atoms with E-state index in [9.17, 15) is 14.3 Å². The van der Waals surface area contributed by atoms with E-state index in [0.29, 0.717) is 12.0 Å². The van der Waals surface area contributed by atoms with Crippen molar-refractivity contribution in [2.45, 2.75) is 32.3 Å². The number of carboxylic acids is 1. The lowest BCUT2D eigenvalue weighted by molar-refractivity contribution is -0.146. The highest BCUT2D eigenvalue weighted by molar-refractivity contribution is 5.71. The van der Waals surface area contributed by atoms with E-state index in [1.807, 2.05) is 6.92 Å². The van der Waals surface area contributed by atoms with Gasteiger partial charge >= 0.3 is 5.97 Å². The molecule has 2 N–H and O–H groups in total. The highest BCUT2D eigenvalue weighted by Gasteiger charge is 2.26. The average Bonchev–Trinajstić information content (AvgIpc) is 2.29. The van der Waals surface area contributed by atoms with Gasteiger partial charge in [0.05, 0.1) is 12.0 Å². The van der Waals surface area contributed by atoms with Gasteiger partial charge in [-0.1, -0.05) is 31.9 Å². The Kier molecular flexibility index (Phi) is 5.10. The van der Waals surface area contributed by atoms with Crippen LogP contribution in [0.4, 0.5) is 4.39 Å². The van der Waals surface area contributed by atoms with Gasteiger partial charge in [0.25, 0.3) is 0 Å². The van der Waals surface area contributed by atoms with Crippen LogP contribution < -0.4 is 0 Å². The predicted octanol–water partition coefficient (Wildman–Crippen LogP) is 2.75. The topological polar surface area (TPSA) is 57.5 Å². The van der Waals surface area contributed by atoms with Crippen molar-refractivity contribution < 1.29 is 19.4 Å². The summed E-state index contributed by atoms with van der Waals surface area (Å²) in [5, 5.41) is 19.0. The minimum Gasteiger partial charge on any atom is -0.481 e. The van der Waals surface area contributed by atoms with Gasteiger partial charge in [0.1, 0.15) is 5.82 Å². The summed E-state index contributed by atoms with van der Waals surface area (Å²) in [6.07, 6.45) is 0.958. The van der Waals surface area contributed by atoms with Gasteiger partial charge in [0, 0.05) is 0 Å². The highest BCUT2D eigenvalue weighted by atomic mass is 19.1. The molecule has 3 nitrogen and oxygen atoms in total. The number of carbonyl (C=O) groups is 1. The molecule has 0 radical (unpaired) electrons. The van der Waals surface area contributed by atoms with E-state index in [4.69, 9.17) is 5.11 Å². The summed E-state index contributed by atoms with van der Waals surface area (Å²) in [4.78, 5) is 11.1. The third-order valence-corrected chi connectivity index (χ3v) is 2.78. The van der Waals surface area contributed by atoms with E-state index in [1.165, 1.54) is 24.3 Å². The lowest BCUT2D eigenvalue weighted by Gasteiger charge is -2.19. The highest BCUT2D eigenvalue weighted by Crippen LogP contribution is 2.26. The minimum absolute atomic E-state index is 0.401. The van der Waals surface area contributed by atoms with Gasteiger partial charge in [0.15, 0.2) is 0 Å². The fourth-order valence-corrected chi connectivity index (χ4v) is 1.73. The van der Waals surface area contributed by atoms with Gasteiger partial charge in [-0.25, -0.2) is 4.39 Å². The number of rotatable bonds is 6. The summed E-state index contributed by atoms with van der Waals surface area (Å²) in [7, 11) is 0. The maximum Gasteiger partial charge on any atom is 0.309 e. The van der Waals surface area contributed by atoms with Crippen LogP contribution in [0.2, 0.25) is 0 Å². The first-order chi connectivity index (χ1) is 8.06. The van der Waals surface area contributed by atoms with Crippen LogP contribution in [0, 0.1) is 11.7 Å². The van der Waals surface area contributed by atoms with Crippen molar-refractivity contribution in [1.82, 2.24) is 0 Å². The van der Waals surface area contributed by atoms with Gasteiger partial charge in [-0.15, -0.1) is 0 Å². The number of hydrogen-bond donors (Lipinski definition) is 2. The number of unbranched alkanes of at least 4 members (excludes halogenated alkanes) is 1. The monoisotopic (exact) mass is 240 g/mol. The van der Waals surface area contributed by atoms with Crippen LogP contribution in [-0.2, 0) is 4.79 Å². The number of benzene rings is 1. The molecule has 0 heterocycles. The molecule has 0 aliphatic heterocycles. The summed E-state index contributed by atoms with van der Waals surface area (Å²) < 4.78 is 12.7. The molecule has 17 heavy (non-hydrogen) atoms. The predicted molar refractivity (Wildman–Crippen MR) is 62.0 cm³/mol. The number of halogens is 1. The molecular weight excluding hydrogens is 223 g/mol. The van der Waals surface area contributed by atoms with Gasteiger partial charge in [-0.05, 0) is 24.1 Å². The van der Waals surface area contributed by atoms with Gasteiger partial charge in [-0.2, -0.15) is 0 Å². The Balaban J connectivity index is 2.79. The third-order valence-electron chi connectivity index (χ3n) is 2.78. The van der Waals surface area contributed by atoms with Crippen molar-refractivity contribution in [3.8, 4) is 0 Å². The van der Waals surface area contributed by atoms with E-state index < -0.39 is 23.8 Å². The lowest BCUT2D eigenvalue weighted by atomic mass is 9.91. The van der Waals surface area contributed by atoms with E-state index >= 15 is 0 Å². The maximum atomic E-state index is 12.7. The first kappa shape index (κ1) is 13.6. The van der Waals surface area contributed by atoms with Gasteiger partial charge < -0.3 is 10.2 Å². The van der Waals surface area contributed by atoms with Crippen molar-refractivity contribution >= 4 is 5.97 Å². The normalized spacial score (nSPS) is 14.3. The second-order valence-corrected chi connectivity index (χ2v) is 4.08. The number of carboxylic acid groups (broad SMARTS) is 1. The Labute approximate surface area is 99.9 Å². The Morgan fingerprint density at radius 2 is 1.94 bits per heavy atom. The molecule has 0 spiro atoms. The Hall–Kier alpha value is -1.42. The van der Waals surface area contributed by atoms with Crippen LogP contribution >= 0.6 is 0 Å². The van der Waals surface area contributed by atoms with Crippen LogP contribution in [0.15, 0.2) is 24.3 Å². The Morgan fingerprint density at radius 1 is 1.35 bits per heavy atom. The van der Waals surface area contributed by atoms with Crippen LogP contribution in [0.1, 0.15) is 37.9 Å². The van der Waals surface area contributed by atoms with Crippen molar-refractivity contribution in [1.29, 1.82) is 0 Å². The SMILES string of the molecule is CCCCC(C(=O)O)C(O)c1ccc(F)cc1. The van der Waals surface area contributed by atoms with E-state index in [-0.39, 0.29) is 0 Å². The lowest BCUT2D eigenvalue weighted by Crippen LogP contribution is -2.22. The number of aliphatic carboxylic acids is 1. The average molecular weight is 240 g/mol. The molecule has 0 fully saturated rings. The maximum absolute atomic E-state index is 12.7. The molecule has 1 aromatic rings. The molecule has 0 amide bonds. The smallest absolute Gasteiger partial charge is 0.309 e. The summed E-state index contributed by atoms with van der Waals surface area (Å²) in [5.74, 6) is -2.25. The Bertz CT molecular complexity index is 361. The van der Waals surface area contributed by atoms with Gasteiger partial charge in [0.2, 0.25) is 0 Å². The molecule has 1 aromatic carbocycles. The number of aliphatic hydroxyl groups excluding tert-OH is 1. The first-order valence-corrected chi connectivity index (χ1v) is 5.72. The molecule has 0 aromatic heterocycles. The van der Waals surface area contributed by atoms with E-state index in [1.54, 1.807) is 0 Å². The fraction of sp³-hybridized carbons (Fsp3) is 0.462. The summed E-state index contributed by atoms with van der Waals surface area (Å²) in [5.41, 5.74) is 0.440. The third kappa shape index (κ3) is 3.82. The molecule has 1 rings (SSSR count). The number of hydrogen-bond acceptors (Lipinski definition) is 2. The van der Waals surface area contributed by atoms with Crippen LogP contribution in [0.3, 0.4) is 0 Å². The van der Waals surface area contributed by atoms with E-state index in [2.05, 4.69) is 0 Å². The Morgan fingerprint density at radius 3 is 2.41 bits per heavy atom. The first-order valence-electron chi connectivity index (χ1n) is 5.72. The van der Waals surface area contributed by atoms with Gasteiger partial charge in [-0.3, -0.25) is 4.79 Å². The molecule has 0 aliphatic carbocycles. The molecule has 94 valence electrons. The van der Waals surface area contributed by atoms with Crippen LogP contribution in [-0.4, -0.2) is 16.2 Å². The molecular formula is C13H17FO3. The zero-order chi connectivity index (χ0) is 12.8. The number of aliphatic hydroxyl groups is 1. The minimum atomic E-state index is -1.08. The fourth-order valence-electron chi connectivity index (χ4n) is 1.73. The largest absolute Gasteiger partial charge is 0.481 e. The molecule has 0 saturated carbocycles. The molecule has 4 heteroatoms. The molecule has 2 unspecified atom stereocenters. The second kappa shape index (κ2) is 6.35. The van der Waals surface area contributed by atoms with Crippen LogP contribution in [0.5, 0.6) is 0 Å². The van der Waals surface area contributed by atoms with Crippen molar-refractivity contribution in [2.75, 3.05) is 0 Å². The van der Waals surface area contributed by atoms with Crippen molar-refractivity contribution in [2.24, 2.45) is 5.92 Å². The summed E-state index contributed by atoms with van der Waals surface area (Å²) >= 11 is 0. The molecule has 2 atom stereocenters. The molecule has 0 bridgehead atoms. The van der Waals surface area contributed by atoms with Crippen LogP contribution in [0.25, 0.3) is 0 Å².